The van der Waals surface area contributed by atoms with E-state index in [1.165, 1.54) is 11.3 Å². The van der Waals surface area contributed by atoms with Crippen molar-refractivity contribution in [3.8, 4) is 12.3 Å². The third-order valence-corrected chi connectivity index (χ3v) is 4.89. The number of fused-ring (bicyclic) bond motifs is 1. The number of nitrogens with one attached hydrogen (secondary N) is 1. The molecule has 4 heterocycles. The zero-order valence-corrected chi connectivity index (χ0v) is 17.6. The highest BCUT2D eigenvalue weighted by Crippen LogP contribution is 2.30. The van der Waals surface area contributed by atoms with Gasteiger partial charge in [0, 0.05) is 18.0 Å². The molecule has 8 heteroatoms. The lowest BCUT2D eigenvalue weighted by molar-refractivity contribution is 0.0822. The molecule has 6 nitrogen and oxygen atoms in total. The number of halogens is 1. The van der Waals surface area contributed by atoms with Gasteiger partial charge in [0.25, 0.3) is 0 Å². The maximum absolute atomic E-state index is 5.92. The summed E-state index contributed by atoms with van der Waals surface area (Å²) in [4.78, 5) is 8.36. The average molecular weight is 421 g/mol. The summed E-state index contributed by atoms with van der Waals surface area (Å²) in [5.74, 6) is 4.07. The number of terminal acetylenes is 1. The molecule has 0 saturated carbocycles. The summed E-state index contributed by atoms with van der Waals surface area (Å²) >= 11 is 7.41. The van der Waals surface area contributed by atoms with E-state index in [0.717, 1.165) is 42.1 Å². The van der Waals surface area contributed by atoms with Crippen molar-refractivity contribution in [3.05, 3.63) is 40.4 Å². The maximum Gasteiger partial charge on any atom is 0.225 e. The highest BCUT2D eigenvalue weighted by atomic mass is 35.5. The Hall–Kier alpha value is -2.11. The average Bonchev–Trinajstić information content (AvgIpc) is 3.38. The summed E-state index contributed by atoms with van der Waals surface area (Å²) in [6.45, 7) is 6.20. The molecule has 0 aromatic carbocycles. The van der Waals surface area contributed by atoms with Crippen LogP contribution in [0.3, 0.4) is 0 Å². The van der Waals surface area contributed by atoms with Crippen LogP contribution in [-0.4, -0.2) is 29.2 Å². The minimum absolute atomic E-state index is 0.171. The van der Waals surface area contributed by atoms with Gasteiger partial charge in [-0.1, -0.05) is 19.8 Å². The Bertz CT molecular complexity index is 884. The topological polar surface area (TPSA) is 86.2 Å². The third-order valence-electron chi connectivity index (χ3n) is 3.75. The number of furan rings is 1. The highest BCUT2D eigenvalue weighted by Gasteiger charge is 2.12. The minimum atomic E-state index is 0.171. The second kappa shape index (κ2) is 11.7. The van der Waals surface area contributed by atoms with Gasteiger partial charge >= 0.3 is 0 Å². The second-order valence-corrected chi connectivity index (χ2v) is 6.94. The van der Waals surface area contributed by atoms with Crippen molar-refractivity contribution in [3.63, 3.8) is 0 Å². The van der Waals surface area contributed by atoms with E-state index in [4.69, 9.17) is 32.9 Å². The first-order valence-corrected chi connectivity index (χ1v) is 10.4. The quantitative estimate of drug-likeness (QED) is 0.472. The van der Waals surface area contributed by atoms with E-state index in [1.54, 1.807) is 6.26 Å². The molecular formula is C20H25ClN4O2S. The van der Waals surface area contributed by atoms with Crippen molar-refractivity contribution in [2.24, 2.45) is 5.73 Å². The standard InChI is InChI=1S/C13H8ClN3OS.C5H11NO.C2H6/c1-2-8-7-19-11-10(8)16-13(14)17-12(11)15-6-9-4-3-5-18-9;6-5-2-1-3-7-4-5;1-2/h1,3-5,7H,6H2,(H,15,16,17);5H,1-4,6H2;1-2H3/t;5-;/m.1./s1. The van der Waals surface area contributed by atoms with E-state index >= 15 is 0 Å². The number of aromatic nitrogens is 2. The summed E-state index contributed by atoms with van der Waals surface area (Å²) in [6, 6.07) is 4.03. The fourth-order valence-corrected chi connectivity index (χ4v) is 3.54. The van der Waals surface area contributed by atoms with Crippen molar-refractivity contribution in [1.29, 1.82) is 0 Å². The zero-order chi connectivity index (χ0) is 20.4. The van der Waals surface area contributed by atoms with E-state index in [0.29, 0.717) is 23.9 Å². The Balaban J connectivity index is 0.000000261. The second-order valence-electron chi connectivity index (χ2n) is 5.72. The molecule has 0 spiro atoms. The van der Waals surface area contributed by atoms with Crippen molar-refractivity contribution in [2.45, 2.75) is 39.3 Å². The third kappa shape index (κ3) is 6.21. The molecule has 28 heavy (non-hydrogen) atoms. The van der Waals surface area contributed by atoms with Gasteiger partial charge in [0.2, 0.25) is 5.28 Å². The van der Waals surface area contributed by atoms with Gasteiger partial charge in [0.1, 0.15) is 17.1 Å². The van der Waals surface area contributed by atoms with E-state index in [2.05, 4.69) is 21.2 Å². The number of nitrogens with zero attached hydrogens (tertiary/aromatic N) is 2. The lowest BCUT2D eigenvalue weighted by atomic mass is 10.1. The van der Waals surface area contributed by atoms with Crippen LogP contribution in [0.1, 0.15) is 38.0 Å². The molecule has 0 aliphatic carbocycles. The van der Waals surface area contributed by atoms with Gasteiger partial charge in [-0.05, 0) is 36.6 Å². The molecule has 0 bridgehead atoms. The molecule has 4 rings (SSSR count). The molecule has 3 aromatic heterocycles. The van der Waals surface area contributed by atoms with Gasteiger partial charge < -0.3 is 20.2 Å². The molecule has 0 unspecified atom stereocenters. The number of hydrogen-bond acceptors (Lipinski definition) is 7. The minimum Gasteiger partial charge on any atom is -0.467 e. The van der Waals surface area contributed by atoms with Crippen LogP contribution < -0.4 is 11.1 Å². The Morgan fingerprint density at radius 1 is 1.43 bits per heavy atom. The molecule has 0 amide bonds. The highest BCUT2D eigenvalue weighted by molar-refractivity contribution is 7.18. The van der Waals surface area contributed by atoms with Crippen LogP contribution in [-0.2, 0) is 11.3 Å². The van der Waals surface area contributed by atoms with Crippen LogP contribution in [0.5, 0.6) is 0 Å². The lowest BCUT2D eigenvalue weighted by Crippen LogP contribution is -2.30. The van der Waals surface area contributed by atoms with Crippen molar-refractivity contribution >= 4 is 39.0 Å². The smallest absolute Gasteiger partial charge is 0.225 e. The van der Waals surface area contributed by atoms with Crippen molar-refractivity contribution < 1.29 is 9.15 Å². The molecule has 1 saturated heterocycles. The van der Waals surface area contributed by atoms with Crippen LogP contribution >= 0.6 is 22.9 Å². The van der Waals surface area contributed by atoms with E-state index in [1.807, 2.05) is 31.4 Å². The number of rotatable bonds is 3. The van der Waals surface area contributed by atoms with Gasteiger partial charge in [0.05, 0.1) is 29.7 Å². The lowest BCUT2D eigenvalue weighted by Gasteiger charge is -2.16. The molecule has 3 N–H and O–H groups in total. The van der Waals surface area contributed by atoms with Crippen LogP contribution in [0.4, 0.5) is 5.82 Å². The summed E-state index contributed by atoms with van der Waals surface area (Å²) in [7, 11) is 0. The molecule has 1 atom stereocenters. The van der Waals surface area contributed by atoms with E-state index in [-0.39, 0.29) is 5.28 Å². The summed E-state index contributed by atoms with van der Waals surface area (Å²) < 4.78 is 11.2. The van der Waals surface area contributed by atoms with Crippen molar-refractivity contribution in [1.82, 2.24) is 9.97 Å². The fraction of sp³-hybridized carbons (Fsp3) is 0.400. The molecule has 0 radical (unpaired) electrons. The van der Waals surface area contributed by atoms with Crippen LogP contribution in [0, 0.1) is 12.3 Å². The molecule has 1 aliphatic heterocycles. The molecule has 1 fully saturated rings. The zero-order valence-electron chi connectivity index (χ0n) is 16.1. The SMILES string of the molecule is C#Cc1csc2c(NCc3ccco3)nc(Cl)nc12.CC.N[C@@H]1CCCOC1. The molecule has 150 valence electrons. The maximum atomic E-state index is 5.92. The predicted molar refractivity (Wildman–Crippen MR) is 116 cm³/mol. The van der Waals surface area contributed by atoms with Crippen LogP contribution in [0.15, 0.2) is 28.2 Å². The van der Waals surface area contributed by atoms with Crippen molar-refractivity contribution in [2.75, 3.05) is 18.5 Å². The monoisotopic (exact) mass is 420 g/mol. The van der Waals surface area contributed by atoms with Gasteiger partial charge in [-0.2, -0.15) is 4.98 Å². The number of thiophene rings is 1. The number of hydrogen-bond donors (Lipinski definition) is 2. The number of anilines is 1. The normalized spacial score (nSPS) is 15.6. The molecular weight excluding hydrogens is 396 g/mol. The summed E-state index contributed by atoms with van der Waals surface area (Å²) in [6.07, 6.45) is 9.33. The Morgan fingerprint density at radius 3 is 2.82 bits per heavy atom. The first-order chi connectivity index (χ1) is 13.7. The summed E-state index contributed by atoms with van der Waals surface area (Å²) in [5.41, 5.74) is 6.94. The predicted octanol–water partition coefficient (Wildman–Crippen LogP) is 4.68. The first kappa shape index (κ1) is 22.2. The number of nitrogens with two attached hydrogens (primary N) is 1. The number of ether oxygens (including phenoxy) is 1. The van der Waals surface area contributed by atoms with E-state index < -0.39 is 0 Å². The molecule has 3 aromatic rings. The first-order valence-electron chi connectivity index (χ1n) is 9.18. The van der Waals surface area contributed by atoms with Crippen LogP contribution in [0.2, 0.25) is 5.28 Å². The van der Waals surface area contributed by atoms with Gasteiger partial charge in [-0.15, -0.1) is 17.8 Å². The largest absolute Gasteiger partial charge is 0.467 e. The van der Waals surface area contributed by atoms with Gasteiger partial charge in [0.15, 0.2) is 0 Å². The Labute approximate surface area is 174 Å². The van der Waals surface area contributed by atoms with Gasteiger partial charge in [-0.3, -0.25) is 0 Å². The Morgan fingerprint density at radius 2 is 2.25 bits per heavy atom. The fourth-order valence-electron chi connectivity index (χ4n) is 2.46. The summed E-state index contributed by atoms with van der Waals surface area (Å²) in [5, 5.41) is 5.22. The Kier molecular flexibility index (Phi) is 9.24. The van der Waals surface area contributed by atoms with Crippen LogP contribution in [0.25, 0.3) is 10.2 Å². The van der Waals surface area contributed by atoms with E-state index in [9.17, 15) is 0 Å². The van der Waals surface area contributed by atoms with Gasteiger partial charge in [-0.25, -0.2) is 4.98 Å². The molecule has 1 aliphatic rings.